The fourth-order valence-corrected chi connectivity index (χ4v) is 6.07. The summed E-state index contributed by atoms with van der Waals surface area (Å²) in [4.78, 5) is 17.6. The molecule has 170 valence electrons. The smallest absolute Gasteiger partial charge is 0.279 e. The molecule has 0 radical (unpaired) electrons. The quantitative estimate of drug-likeness (QED) is 0.346. The lowest BCUT2D eigenvalue weighted by molar-refractivity contribution is -0.119. The number of aliphatic imine (C=N–C) groups is 1. The number of hydrazine groups is 1. The molecular formula is C23H27Cl3N4OSi. The van der Waals surface area contributed by atoms with Crippen LogP contribution in [-0.2, 0) is 4.79 Å². The van der Waals surface area contributed by atoms with Crippen molar-refractivity contribution in [3.8, 4) is 0 Å². The normalized spacial score (nSPS) is 17.6. The first kappa shape index (κ1) is 24.9. The minimum absolute atomic E-state index is 0.0640. The van der Waals surface area contributed by atoms with Crippen molar-refractivity contribution in [1.29, 1.82) is 5.41 Å². The summed E-state index contributed by atoms with van der Waals surface area (Å²) in [6.07, 6.45) is 0. The first-order chi connectivity index (χ1) is 15.1. The third-order valence-corrected chi connectivity index (χ3v) is 9.70. The summed E-state index contributed by atoms with van der Waals surface area (Å²) < 4.78 is 0. The Morgan fingerprint density at radius 1 is 1.06 bits per heavy atom. The predicted molar refractivity (Wildman–Crippen MR) is 138 cm³/mol. The molecule has 2 N–H and O–H groups in total. The predicted octanol–water partition coefficient (Wildman–Crippen LogP) is 6.48. The van der Waals surface area contributed by atoms with Crippen LogP contribution in [0.25, 0.3) is 0 Å². The molecule has 1 saturated heterocycles. The summed E-state index contributed by atoms with van der Waals surface area (Å²) in [5, 5.41) is 12.0. The highest BCUT2D eigenvalue weighted by molar-refractivity contribution is 6.77. The average molecular weight is 510 g/mol. The van der Waals surface area contributed by atoms with E-state index >= 15 is 0 Å². The number of rotatable bonds is 6. The van der Waals surface area contributed by atoms with Gasteiger partial charge in [-0.1, -0.05) is 67.0 Å². The number of halogens is 3. The van der Waals surface area contributed by atoms with E-state index in [0.717, 1.165) is 30.7 Å². The van der Waals surface area contributed by atoms with Gasteiger partial charge in [0.15, 0.2) is 0 Å². The van der Waals surface area contributed by atoms with E-state index in [9.17, 15) is 4.79 Å². The SMILES string of the molecule is CC(C(=N)C(=O)NN1CC[Si](C)(C)CC1)C(=Nc1ccc(Cl)cc1Cl)c1ccc(Cl)cc1. The molecule has 2 aromatic carbocycles. The number of carbonyl (C=O) groups excluding carboxylic acids is 1. The first-order valence-electron chi connectivity index (χ1n) is 10.5. The summed E-state index contributed by atoms with van der Waals surface area (Å²) in [6.45, 7) is 8.18. The van der Waals surface area contributed by atoms with Crippen LogP contribution in [0, 0.1) is 11.3 Å². The lowest BCUT2D eigenvalue weighted by atomic mass is 9.93. The summed E-state index contributed by atoms with van der Waals surface area (Å²) in [5.41, 5.74) is 4.68. The summed E-state index contributed by atoms with van der Waals surface area (Å²) in [7, 11) is -1.15. The highest BCUT2D eigenvalue weighted by Gasteiger charge is 2.30. The van der Waals surface area contributed by atoms with Crippen molar-refractivity contribution in [2.45, 2.75) is 32.1 Å². The van der Waals surface area contributed by atoms with Crippen LogP contribution >= 0.6 is 34.8 Å². The van der Waals surface area contributed by atoms with Crippen molar-refractivity contribution in [3.63, 3.8) is 0 Å². The topological polar surface area (TPSA) is 68.6 Å². The van der Waals surface area contributed by atoms with E-state index in [0.29, 0.717) is 26.5 Å². The fourth-order valence-electron chi connectivity index (χ4n) is 3.49. The van der Waals surface area contributed by atoms with Gasteiger partial charge in [0.2, 0.25) is 0 Å². The standard InChI is InChI=1S/C23H27Cl3N4OSi/c1-15(21(27)23(31)29-30-10-12-32(2,3)13-11-30)22(16-4-6-17(24)7-5-16)28-20-9-8-18(25)14-19(20)26/h4-9,14-15,27H,10-13H2,1-3H3,(H,29,31). The number of carbonyl (C=O) groups is 1. The zero-order valence-corrected chi connectivity index (χ0v) is 21.7. The molecule has 0 saturated carbocycles. The number of nitrogens with one attached hydrogen (secondary N) is 2. The maximum absolute atomic E-state index is 12.9. The molecule has 1 amide bonds. The van der Waals surface area contributed by atoms with Crippen LogP contribution in [0.5, 0.6) is 0 Å². The Kier molecular flexibility index (Phi) is 8.17. The molecule has 5 nitrogen and oxygen atoms in total. The molecule has 1 aliphatic rings. The highest BCUT2D eigenvalue weighted by Crippen LogP contribution is 2.30. The second-order valence-electron chi connectivity index (χ2n) is 8.83. The van der Waals surface area contributed by atoms with Gasteiger partial charge in [0.05, 0.1) is 16.4 Å². The van der Waals surface area contributed by atoms with Crippen molar-refractivity contribution in [1.82, 2.24) is 10.4 Å². The Bertz CT molecular complexity index is 1030. The lowest BCUT2D eigenvalue weighted by Crippen LogP contribution is -2.53. The van der Waals surface area contributed by atoms with E-state index in [1.165, 1.54) is 0 Å². The lowest BCUT2D eigenvalue weighted by Gasteiger charge is -2.35. The maximum atomic E-state index is 12.9. The summed E-state index contributed by atoms with van der Waals surface area (Å²) in [5.74, 6) is -0.985. The molecule has 0 spiro atoms. The van der Waals surface area contributed by atoms with Gasteiger partial charge in [-0.05, 0) is 48.0 Å². The van der Waals surface area contributed by atoms with Crippen molar-refractivity contribution in [2.75, 3.05) is 13.1 Å². The summed E-state index contributed by atoms with van der Waals surface area (Å²) >= 11 is 18.4. The number of hydrogen-bond acceptors (Lipinski definition) is 4. The van der Waals surface area contributed by atoms with Crippen LogP contribution in [-0.4, -0.2) is 43.5 Å². The minimum Gasteiger partial charge on any atom is -0.299 e. The van der Waals surface area contributed by atoms with Crippen molar-refractivity contribution >= 4 is 65.9 Å². The van der Waals surface area contributed by atoms with Crippen LogP contribution in [0.2, 0.25) is 40.3 Å². The number of hydrogen-bond donors (Lipinski definition) is 2. The molecular weight excluding hydrogens is 483 g/mol. The fraction of sp³-hybridized carbons (Fsp3) is 0.348. The van der Waals surface area contributed by atoms with Crippen molar-refractivity contribution in [2.24, 2.45) is 10.9 Å². The van der Waals surface area contributed by atoms with Gasteiger partial charge in [-0.2, -0.15) is 0 Å². The molecule has 0 aromatic heterocycles. The summed E-state index contributed by atoms with van der Waals surface area (Å²) in [6, 6.07) is 14.5. The maximum Gasteiger partial charge on any atom is 0.279 e. The van der Waals surface area contributed by atoms with Crippen LogP contribution in [0.4, 0.5) is 5.69 Å². The zero-order chi connectivity index (χ0) is 23.5. The third kappa shape index (κ3) is 6.42. The molecule has 1 aliphatic heterocycles. The average Bonchev–Trinajstić information content (AvgIpc) is 2.74. The number of benzene rings is 2. The van der Waals surface area contributed by atoms with Gasteiger partial charge >= 0.3 is 0 Å². The molecule has 2 aromatic rings. The number of amides is 1. The molecule has 9 heteroatoms. The molecule has 3 rings (SSSR count). The van der Waals surface area contributed by atoms with Gasteiger partial charge < -0.3 is 0 Å². The van der Waals surface area contributed by atoms with Crippen LogP contribution in [0.15, 0.2) is 47.5 Å². The van der Waals surface area contributed by atoms with Gasteiger partial charge in [0.1, 0.15) is 5.71 Å². The Morgan fingerprint density at radius 3 is 2.25 bits per heavy atom. The second-order valence-corrected chi connectivity index (χ2v) is 15.4. The molecule has 1 unspecified atom stereocenters. The molecule has 1 fully saturated rings. The zero-order valence-electron chi connectivity index (χ0n) is 18.4. The Morgan fingerprint density at radius 2 is 1.66 bits per heavy atom. The van der Waals surface area contributed by atoms with Gasteiger partial charge in [-0.3, -0.25) is 20.6 Å². The van der Waals surface area contributed by atoms with Gasteiger partial charge in [-0.25, -0.2) is 5.01 Å². The van der Waals surface area contributed by atoms with Crippen molar-refractivity contribution < 1.29 is 4.79 Å². The molecule has 1 heterocycles. The molecule has 1 atom stereocenters. The van der Waals surface area contributed by atoms with E-state index in [4.69, 9.17) is 45.2 Å². The van der Waals surface area contributed by atoms with Gasteiger partial charge in [0, 0.05) is 37.1 Å². The third-order valence-electron chi connectivity index (χ3n) is 5.76. The molecule has 0 bridgehead atoms. The first-order valence-corrected chi connectivity index (χ1v) is 15.0. The molecule has 32 heavy (non-hydrogen) atoms. The van der Waals surface area contributed by atoms with E-state index in [2.05, 4.69) is 18.5 Å². The van der Waals surface area contributed by atoms with Crippen LogP contribution < -0.4 is 5.43 Å². The Balaban J connectivity index is 1.85. The Labute approximate surface area is 205 Å². The van der Waals surface area contributed by atoms with Gasteiger partial charge in [-0.15, -0.1) is 0 Å². The largest absolute Gasteiger partial charge is 0.299 e. The molecule has 0 aliphatic carbocycles. The minimum atomic E-state index is -1.15. The number of nitrogens with zero attached hydrogens (tertiary/aromatic N) is 2. The Hall–Kier alpha value is -1.70. The van der Waals surface area contributed by atoms with E-state index < -0.39 is 19.9 Å². The van der Waals surface area contributed by atoms with E-state index in [1.54, 1.807) is 37.3 Å². The van der Waals surface area contributed by atoms with E-state index in [1.807, 2.05) is 17.1 Å². The highest BCUT2D eigenvalue weighted by atomic mass is 35.5. The van der Waals surface area contributed by atoms with Gasteiger partial charge in [0.25, 0.3) is 5.91 Å². The second kappa shape index (κ2) is 10.5. The van der Waals surface area contributed by atoms with Crippen LogP contribution in [0.3, 0.4) is 0 Å². The van der Waals surface area contributed by atoms with Crippen molar-refractivity contribution in [3.05, 3.63) is 63.1 Å². The monoisotopic (exact) mass is 508 g/mol. The van der Waals surface area contributed by atoms with E-state index in [-0.39, 0.29) is 5.71 Å². The van der Waals surface area contributed by atoms with Crippen LogP contribution in [0.1, 0.15) is 12.5 Å².